The average molecular weight is 216 g/mol. The zero-order valence-corrected chi connectivity index (χ0v) is 8.60. The molecular formula is C9H16N2O4. The number of esters is 1. The Bertz CT molecular complexity index is 252. The van der Waals surface area contributed by atoms with Crippen molar-refractivity contribution in [1.29, 1.82) is 0 Å². The van der Waals surface area contributed by atoms with Gasteiger partial charge in [0.2, 0.25) is 5.91 Å². The van der Waals surface area contributed by atoms with Gasteiger partial charge in [0.25, 0.3) is 0 Å². The van der Waals surface area contributed by atoms with Crippen LogP contribution in [0.5, 0.6) is 0 Å². The normalized spacial score (nSPS) is 19.3. The van der Waals surface area contributed by atoms with E-state index >= 15 is 0 Å². The number of rotatable bonds is 6. The molecule has 0 aliphatic heterocycles. The molecule has 0 aromatic carbocycles. The predicted octanol–water partition coefficient (Wildman–Crippen LogP) is -1.63. The maximum absolute atomic E-state index is 11.3. The number of ether oxygens (including phenoxy) is 1. The zero-order valence-electron chi connectivity index (χ0n) is 8.60. The summed E-state index contributed by atoms with van der Waals surface area (Å²) in [5.74, 6) is -0.923. The van der Waals surface area contributed by atoms with Gasteiger partial charge in [0.05, 0.1) is 7.11 Å². The highest BCUT2D eigenvalue weighted by atomic mass is 16.5. The van der Waals surface area contributed by atoms with Gasteiger partial charge in [0.15, 0.2) is 0 Å². The van der Waals surface area contributed by atoms with Gasteiger partial charge in [-0.1, -0.05) is 0 Å². The topological polar surface area (TPSA) is 102 Å². The molecule has 0 heterocycles. The monoisotopic (exact) mass is 216 g/mol. The van der Waals surface area contributed by atoms with Crippen LogP contribution >= 0.6 is 0 Å². The van der Waals surface area contributed by atoms with Gasteiger partial charge in [-0.15, -0.1) is 0 Å². The lowest BCUT2D eigenvalue weighted by atomic mass is 10.2. The summed E-state index contributed by atoms with van der Waals surface area (Å²) in [6, 6.07) is -0.441. The SMILES string of the molecule is COC(=O)C(NCC(O)C(N)=O)C1CC1. The first-order valence-corrected chi connectivity index (χ1v) is 4.85. The van der Waals surface area contributed by atoms with Crippen LogP contribution < -0.4 is 11.1 Å². The number of aliphatic hydroxyl groups is 1. The lowest BCUT2D eigenvalue weighted by molar-refractivity contribution is -0.144. The maximum atomic E-state index is 11.3. The van der Waals surface area contributed by atoms with E-state index in [4.69, 9.17) is 10.8 Å². The summed E-state index contributed by atoms with van der Waals surface area (Å²) in [6.07, 6.45) is 0.648. The Morgan fingerprint density at radius 2 is 2.20 bits per heavy atom. The molecule has 2 unspecified atom stereocenters. The Labute approximate surface area is 87.8 Å². The Hall–Kier alpha value is -1.14. The van der Waals surface area contributed by atoms with E-state index in [1.807, 2.05) is 0 Å². The van der Waals surface area contributed by atoms with Gasteiger partial charge in [0, 0.05) is 6.54 Å². The van der Waals surface area contributed by atoms with Crippen molar-refractivity contribution in [2.24, 2.45) is 11.7 Å². The Balaban J connectivity index is 2.38. The third kappa shape index (κ3) is 3.49. The van der Waals surface area contributed by atoms with Crippen LogP contribution in [-0.4, -0.2) is 42.8 Å². The molecule has 1 aliphatic carbocycles. The Morgan fingerprint density at radius 1 is 1.60 bits per heavy atom. The first-order chi connectivity index (χ1) is 7.06. The molecule has 15 heavy (non-hydrogen) atoms. The molecule has 1 fully saturated rings. The van der Waals surface area contributed by atoms with Gasteiger partial charge < -0.3 is 20.9 Å². The maximum Gasteiger partial charge on any atom is 0.323 e. The van der Waals surface area contributed by atoms with Crippen molar-refractivity contribution in [2.75, 3.05) is 13.7 Å². The van der Waals surface area contributed by atoms with Crippen LogP contribution in [0.1, 0.15) is 12.8 Å². The summed E-state index contributed by atoms with van der Waals surface area (Å²) in [6.45, 7) is -0.0222. The zero-order chi connectivity index (χ0) is 11.4. The molecule has 4 N–H and O–H groups in total. The third-order valence-corrected chi connectivity index (χ3v) is 2.41. The van der Waals surface area contributed by atoms with Gasteiger partial charge in [-0.25, -0.2) is 0 Å². The molecule has 1 aliphatic rings. The second-order valence-corrected chi connectivity index (χ2v) is 3.66. The predicted molar refractivity (Wildman–Crippen MR) is 51.7 cm³/mol. The van der Waals surface area contributed by atoms with Gasteiger partial charge in [0.1, 0.15) is 12.1 Å². The van der Waals surface area contributed by atoms with E-state index in [1.54, 1.807) is 0 Å². The number of nitrogens with two attached hydrogens (primary N) is 1. The van der Waals surface area contributed by atoms with Gasteiger partial charge in [-0.05, 0) is 18.8 Å². The van der Waals surface area contributed by atoms with Gasteiger partial charge in [-0.2, -0.15) is 0 Å². The fraction of sp³-hybridized carbons (Fsp3) is 0.778. The van der Waals surface area contributed by atoms with Crippen LogP contribution in [0, 0.1) is 5.92 Å². The van der Waals surface area contributed by atoms with Crippen molar-refractivity contribution in [3.05, 3.63) is 0 Å². The number of carbonyl (C=O) groups excluding carboxylic acids is 2. The van der Waals surface area contributed by atoms with Crippen molar-refractivity contribution >= 4 is 11.9 Å². The largest absolute Gasteiger partial charge is 0.468 e. The quantitative estimate of drug-likeness (QED) is 0.463. The molecule has 0 saturated heterocycles. The molecule has 0 aromatic heterocycles. The van der Waals surface area contributed by atoms with E-state index in [0.717, 1.165) is 12.8 Å². The first kappa shape index (κ1) is 11.9. The van der Waals surface area contributed by atoms with E-state index in [-0.39, 0.29) is 18.4 Å². The molecular weight excluding hydrogens is 200 g/mol. The second kappa shape index (κ2) is 5.09. The highest BCUT2D eigenvalue weighted by Gasteiger charge is 2.37. The number of carbonyl (C=O) groups is 2. The molecule has 1 amide bonds. The van der Waals surface area contributed by atoms with Crippen LogP contribution in [0.15, 0.2) is 0 Å². The molecule has 6 nitrogen and oxygen atoms in total. The number of primary amides is 1. The fourth-order valence-corrected chi connectivity index (χ4v) is 1.34. The number of hydrogen-bond donors (Lipinski definition) is 3. The summed E-state index contributed by atoms with van der Waals surface area (Å²) in [4.78, 5) is 21.8. The number of amides is 1. The number of aliphatic hydroxyl groups excluding tert-OH is 1. The minimum absolute atomic E-state index is 0.0222. The van der Waals surface area contributed by atoms with Gasteiger partial charge in [-0.3, -0.25) is 9.59 Å². The van der Waals surface area contributed by atoms with Crippen molar-refractivity contribution in [3.63, 3.8) is 0 Å². The van der Waals surface area contributed by atoms with Crippen LogP contribution in [0.25, 0.3) is 0 Å². The van der Waals surface area contributed by atoms with Crippen LogP contribution in [0.4, 0.5) is 0 Å². The van der Waals surface area contributed by atoms with E-state index < -0.39 is 18.1 Å². The molecule has 1 rings (SSSR count). The standard InChI is InChI=1S/C9H16N2O4/c1-15-9(14)7(5-2-3-5)11-4-6(12)8(10)13/h5-7,11-12H,2-4H2,1H3,(H2,10,13). The summed E-state index contributed by atoms with van der Waals surface area (Å²) < 4.78 is 4.61. The van der Waals surface area contributed by atoms with E-state index in [0.29, 0.717) is 0 Å². The van der Waals surface area contributed by atoms with Crippen molar-refractivity contribution in [3.8, 4) is 0 Å². The number of methoxy groups -OCH3 is 1. The summed E-state index contributed by atoms with van der Waals surface area (Å²) in [5.41, 5.74) is 4.88. The van der Waals surface area contributed by atoms with Crippen LogP contribution in [0.3, 0.4) is 0 Å². The van der Waals surface area contributed by atoms with Crippen molar-refractivity contribution < 1.29 is 19.4 Å². The Kier molecular flexibility index (Phi) is 4.05. The first-order valence-electron chi connectivity index (χ1n) is 4.85. The summed E-state index contributed by atoms with van der Waals surface area (Å²) in [5, 5.41) is 11.9. The fourth-order valence-electron chi connectivity index (χ4n) is 1.34. The molecule has 2 atom stereocenters. The highest BCUT2D eigenvalue weighted by molar-refractivity contribution is 5.79. The number of nitrogens with one attached hydrogen (secondary N) is 1. The molecule has 86 valence electrons. The molecule has 6 heteroatoms. The van der Waals surface area contributed by atoms with Crippen molar-refractivity contribution in [1.82, 2.24) is 5.32 Å². The molecule has 0 spiro atoms. The minimum Gasteiger partial charge on any atom is -0.468 e. The minimum atomic E-state index is -1.27. The molecule has 1 saturated carbocycles. The van der Waals surface area contributed by atoms with Crippen molar-refractivity contribution in [2.45, 2.75) is 25.0 Å². The van der Waals surface area contributed by atoms with Gasteiger partial charge >= 0.3 is 5.97 Å². The lowest BCUT2D eigenvalue weighted by Gasteiger charge is -2.16. The summed E-state index contributed by atoms with van der Waals surface area (Å²) in [7, 11) is 1.31. The highest BCUT2D eigenvalue weighted by Crippen LogP contribution is 2.33. The number of hydrogen-bond acceptors (Lipinski definition) is 5. The molecule has 0 radical (unpaired) electrons. The summed E-state index contributed by atoms with van der Waals surface area (Å²) >= 11 is 0. The second-order valence-electron chi connectivity index (χ2n) is 3.66. The third-order valence-electron chi connectivity index (χ3n) is 2.41. The van der Waals surface area contributed by atoms with E-state index in [9.17, 15) is 9.59 Å². The lowest BCUT2D eigenvalue weighted by Crippen LogP contribution is -2.46. The molecule has 0 aromatic rings. The van der Waals surface area contributed by atoms with Crippen LogP contribution in [-0.2, 0) is 14.3 Å². The average Bonchev–Trinajstić information content (AvgIpc) is 3.01. The Morgan fingerprint density at radius 3 is 2.60 bits per heavy atom. The van der Waals surface area contributed by atoms with Crippen LogP contribution in [0.2, 0.25) is 0 Å². The van der Waals surface area contributed by atoms with E-state index in [1.165, 1.54) is 7.11 Å². The van der Waals surface area contributed by atoms with E-state index in [2.05, 4.69) is 10.1 Å². The smallest absolute Gasteiger partial charge is 0.323 e. The molecule has 0 bridgehead atoms.